The van der Waals surface area contributed by atoms with Crippen molar-refractivity contribution in [1.82, 2.24) is 4.90 Å². The van der Waals surface area contributed by atoms with Crippen LogP contribution in [0.2, 0.25) is 0 Å². The predicted octanol–water partition coefficient (Wildman–Crippen LogP) is 5.46. The highest BCUT2D eigenvalue weighted by atomic mass is 32.1. The van der Waals surface area contributed by atoms with Crippen LogP contribution in [0.3, 0.4) is 0 Å². The second kappa shape index (κ2) is 8.40. The zero-order chi connectivity index (χ0) is 21.3. The molecule has 2 aromatic carbocycles. The lowest BCUT2D eigenvalue weighted by Crippen LogP contribution is -2.47. The molecule has 0 aliphatic carbocycles. The number of nitrogens with zero attached hydrogens (tertiary/aromatic N) is 1. The first-order chi connectivity index (χ1) is 14.5. The van der Waals surface area contributed by atoms with Crippen LogP contribution in [-0.4, -0.2) is 23.3 Å². The summed E-state index contributed by atoms with van der Waals surface area (Å²) in [6, 6.07) is 16.8. The van der Waals surface area contributed by atoms with Gasteiger partial charge >= 0.3 is 0 Å². The van der Waals surface area contributed by atoms with Gasteiger partial charge in [0.15, 0.2) is 0 Å². The van der Waals surface area contributed by atoms with Gasteiger partial charge in [0, 0.05) is 17.0 Å². The Labute approximate surface area is 179 Å². The van der Waals surface area contributed by atoms with Crippen LogP contribution in [0.1, 0.15) is 46.6 Å². The van der Waals surface area contributed by atoms with Gasteiger partial charge in [0.1, 0.15) is 5.82 Å². The summed E-state index contributed by atoms with van der Waals surface area (Å²) < 4.78 is 14.2. The van der Waals surface area contributed by atoms with Crippen molar-refractivity contribution < 1.29 is 14.0 Å². The molecule has 0 spiro atoms. The summed E-state index contributed by atoms with van der Waals surface area (Å²) in [5.74, 6) is -1.30. The van der Waals surface area contributed by atoms with Gasteiger partial charge in [0.05, 0.1) is 17.6 Å². The Hall–Kier alpha value is -2.99. The van der Waals surface area contributed by atoms with Crippen LogP contribution in [0.15, 0.2) is 66.0 Å². The molecule has 6 heteroatoms. The molecule has 0 radical (unpaired) electrons. The van der Waals surface area contributed by atoms with E-state index in [4.69, 9.17) is 0 Å². The number of carbonyl (C=O) groups is 2. The summed E-state index contributed by atoms with van der Waals surface area (Å²) in [6.45, 7) is 4.63. The Bertz CT molecular complexity index is 1060. The maximum Gasteiger partial charge on any atom is 0.254 e. The van der Waals surface area contributed by atoms with Gasteiger partial charge in [-0.05, 0) is 41.1 Å². The fourth-order valence-electron chi connectivity index (χ4n) is 4.02. The van der Waals surface area contributed by atoms with E-state index in [0.29, 0.717) is 17.7 Å². The predicted molar refractivity (Wildman–Crippen MR) is 117 cm³/mol. The van der Waals surface area contributed by atoms with Crippen LogP contribution in [-0.2, 0) is 4.79 Å². The van der Waals surface area contributed by atoms with Crippen LogP contribution in [0.5, 0.6) is 0 Å². The third kappa shape index (κ3) is 3.75. The molecule has 30 heavy (non-hydrogen) atoms. The first kappa shape index (κ1) is 20.3. The van der Waals surface area contributed by atoms with E-state index in [0.717, 1.165) is 4.88 Å². The Kier molecular flexibility index (Phi) is 5.68. The number of para-hydroxylation sites is 1. The van der Waals surface area contributed by atoms with Gasteiger partial charge in [0.25, 0.3) is 5.91 Å². The lowest BCUT2D eigenvalue weighted by atomic mass is 9.81. The summed E-state index contributed by atoms with van der Waals surface area (Å²) in [7, 11) is 0. The summed E-state index contributed by atoms with van der Waals surface area (Å²) in [5, 5.41) is 4.70. The number of hydrogen-bond donors (Lipinski definition) is 1. The van der Waals surface area contributed by atoms with Crippen molar-refractivity contribution in [3.8, 4) is 0 Å². The first-order valence-electron chi connectivity index (χ1n) is 9.96. The molecule has 4 rings (SSSR count). The number of benzene rings is 2. The largest absolute Gasteiger partial charge is 0.329 e. The summed E-state index contributed by atoms with van der Waals surface area (Å²) in [5.41, 5.74) is 1.34. The number of thiophene rings is 1. The SMILES string of the molecule is CC(C)CN1C(=O)c2ccccc2C(C(=O)Nc2ccccc2F)C1c1cccs1. The molecule has 4 nitrogen and oxygen atoms in total. The van der Waals surface area contributed by atoms with Crippen molar-refractivity contribution in [2.75, 3.05) is 11.9 Å². The molecule has 1 N–H and O–H groups in total. The molecular formula is C24H23FN2O2S. The van der Waals surface area contributed by atoms with Gasteiger partial charge < -0.3 is 10.2 Å². The van der Waals surface area contributed by atoms with Crippen molar-refractivity contribution >= 4 is 28.8 Å². The highest BCUT2D eigenvalue weighted by molar-refractivity contribution is 7.10. The molecule has 2 amide bonds. The second-order valence-corrected chi connectivity index (χ2v) is 8.82. The van der Waals surface area contributed by atoms with Crippen molar-refractivity contribution in [2.24, 2.45) is 5.92 Å². The van der Waals surface area contributed by atoms with E-state index in [1.165, 1.54) is 17.4 Å². The number of rotatable bonds is 5. The molecule has 0 fully saturated rings. The molecule has 2 heterocycles. The molecule has 1 aliphatic heterocycles. The van der Waals surface area contributed by atoms with E-state index in [-0.39, 0.29) is 23.4 Å². The number of fused-ring (bicyclic) bond motifs is 1. The molecule has 0 saturated carbocycles. The number of nitrogens with one attached hydrogen (secondary N) is 1. The molecule has 1 aromatic heterocycles. The number of halogens is 1. The normalized spacial score (nSPS) is 18.4. The second-order valence-electron chi connectivity index (χ2n) is 7.85. The van der Waals surface area contributed by atoms with Gasteiger partial charge in [0.2, 0.25) is 5.91 Å². The molecule has 3 aromatic rings. The highest BCUT2D eigenvalue weighted by Crippen LogP contribution is 2.45. The maximum absolute atomic E-state index is 14.2. The molecule has 2 unspecified atom stereocenters. The lowest BCUT2D eigenvalue weighted by molar-refractivity contribution is -0.119. The number of carbonyl (C=O) groups excluding carboxylic acids is 2. The van der Waals surface area contributed by atoms with E-state index in [1.807, 2.05) is 49.6 Å². The average Bonchev–Trinajstić information content (AvgIpc) is 3.25. The average molecular weight is 423 g/mol. The third-order valence-electron chi connectivity index (χ3n) is 5.25. The number of anilines is 1. The minimum Gasteiger partial charge on any atom is -0.329 e. The quantitative estimate of drug-likeness (QED) is 0.593. The van der Waals surface area contributed by atoms with Crippen LogP contribution in [0.25, 0.3) is 0 Å². The van der Waals surface area contributed by atoms with Crippen molar-refractivity contribution in [2.45, 2.75) is 25.8 Å². The van der Waals surface area contributed by atoms with Crippen LogP contribution >= 0.6 is 11.3 Å². The monoisotopic (exact) mass is 422 g/mol. The Morgan fingerprint density at radius 2 is 1.83 bits per heavy atom. The molecular weight excluding hydrogens is 399 g/mol. The molecule has 154 valence electrons. The highest BCUT2D eigenvalue weighted by Gasteiger charge is 2.44. The van der Waals surface area contributed by atoms with Crippen LogP contribution in [0, 0.1) is 11.7 Å². The van der Waals surface area contributed by atoms with Gasteiger partial charge in [-0.2, -0.15) is 0 Å². The third-order valence-corrected chi connectivity index (χ3v) is 6.19. The van der Waals surface area contributed by atoms with E-state index in [2.05, 4.69) is 5.32 Å². The first-order valence-corrected chi connectivity index (χ1v) is 10.8. The van der Waals surface area contributed by atoms with Crippen LogP contribution < -0.4 is 5.32 Å². The Balaban J connectivity index is 1.83. The van der Waals surface area contributed by atoms with Crippen molar-refractivity contribution in [1.29, 1.82) is 0 Å². The molecule has 1 aliphatic rings. The van der Waals surface area contributed by atoms with Gasteiger partial charge in [-0.1, -0.05) is 50.2 Å². The Morgan fingerprint density at radius 3 is 2.53 bits per heavy atom. The Morgan fingerprint density at radius 1 is 1.10 bits per heavy atom. The standard InChI is InChI=1S/C24H23FN2O2S/c1-15(2)14-27-22(20-12-7-13-30-20)21(16-8-3-4-9-17(16)24(27)29)23(28)26-19-11-6-5-10-18(19)25/h3-13,15,21-22H,14H2,1-2H3,(H,26,28). The minimum absolute atomic E-state index is 0.0763. The van der Waals surface area contributed by atoms with E-state index >= 15 is 0 Å². The summed E-state index contributed by atoms with van der Waals surface area (Å²) in [6.07, 6.45) is 0. The topological polar surface area (TPSA) is 49.4 Å². The van der Waals surface area contributed by atoms with Crippen molar-refractivity contribution in [3.05, 3.63) is 87.9 Å². The van der Waals surface area contributed by atoms with E-state index in [9.17, 15) is 14.0 Å². The maximum atomic E-state index is 14.2. The van der Waals surface area contributed by atoms with Gasteiger partial charge in [-0.3, -0.25) is 9.59 Å². The summed E-state index contributed by atoms with van der Waals surface area (Å²) in [4.78, 5) is 29.6. The van der Waals surface area contributed by atoms with Gasteiger partial charge in [-0.15, -0.1) is 11.3 Å². The van der Waals surface area contributed by atoms with E-state index in [1.54, 1.807) is 29.2 Å². The number of hydrogen-bond acceptors (Lipinski definition) is 3. The van der Waals surface area contributed by atoms with Crippen LogP contribution in [0.4, 0.5) is 10.1 Å². The molecule has 0 bridgehead atoms. The van der Waals surface area contributed by atoms with Crippen molar-refractivity contribution in [3.63, 3.8) is 0 Å². The number of amides is 2. The minimum atomic E-state index is -0.643. The van der Waals surface area contributed by atoms with Gasteiger partial charge in [-0.25, -0.2) is 4.39 Å². The zero-order valence-corrected chi connectivity index (χ0v) is 17.7. The van der Waals surface area contributed by atoms with E-state index < -0.39 is 17.8 Å². The summed E-state index contributed by atoms with van der Waals surface area (Å²) >= 11 is 1.52. The lowest BCUT2D eigenvalue weighted by Gasteiger charge is -2.42. The molecule has 2 atom stereocenters. The fraction of sp³-hybridized carbons (Fsp3) is 0.250. The smallest absolute Gasteiger partial charge is 0.254 e. The zero-order valence-electron chi connectivity index (χ0n) is 16.8. The molecule has 0 saturated heterocycles. The fourth-order valence-corrected chi connectivity index (χ4v) is 4.89.